The summed E-state index contributed by atoms with van der Waals surface area (Å²) in [4.78, 5) is 25.7. The highest BCUT2D eigenvalue weighted by molar-refractivity contribution is 7.15. The second-order valence-corrected chi connectivity index (χ2v) is 10.5. The minimum Gasteiger partial charge on any atom is -0.493 e. The van der Waals surface area contributed by atoms with E-state index >= 15 is 0 Å². The monoisotopic (exact) mass is 560 g/mol. The van der Waals surface area contributed by atoms with E-state index in [9.17, 15) is 9.18 Å². The minimum absolute atomic E-state index is 0.245. The van der Waals surface area contributed by atoms with E-state index in [1.807, 2.05) is 56.3 Å². The quantitative estimate of drug-likeness (QED) is 0.207. The Kier molecular flexibility index (Phi) is 7.97. The largest absolute Gasteiger partial charge is 0.493 e. The van der Waals surface area contributed by atoms with E-state index in [1.54, 1.807) is 31.3 Å². The molecular formula is C30H29FN4O4S. The maximum atomic E-state index is 14.2. The van der Waals surface area contributed by atoms with Gasteiger partial charge in [-0.2, -0.15) is 4.98 Å². The first-order chi connectivity index (χ1) is 19.4. The molecule has 0 aliphatic carbocycles. The molecule has 0 bridgehead atoms. The summed E-state index contributed by atoms with van der Waals surface area (Å²) >= 11 is 1.40. The number of fused-ring (bicyclic) bond motifs is 1. The number of hydrogen-bond donors (Lipinski definition) is 1. The predicted octanol–water partition coefficient (Wildman–Crippen LogP) is 6.56. The normalized spacial score (nSPS) is 11.8. The SMILES string of the molecule is COc1ccc(CN(C(=O)c2nc(C)sc2-c2ccc(F)cc2)C(C)CNc2nc3ccccc3o2)cc1OC. The number of amides is 1. The van der Waals surface area contributed by atoms with E-state index in [-0.39, 0.29) is 24.3 Å². The van der Waals surface area contributed by atoms with Crippen molar-refractivity contribution in [3.8, 4) is 21.9 Å². The van der Waals surface area contributed by atoms with Gasteiger partial charge >= 0.3 is 0 Å². The zero-order valence-corrected chi connectivity index (χ0v) is 23.4. The molecule has 3 aromatic carbocycles. The van der Waals surface area contributed by atoms with Crippen LogP contribution in [-0.2, 0) is 6.54 Å². The fraction of sp³-hybridized carbons (Fsp3) is 0.233. The van der Waals surface area contributed by atoms with Crippen LogP contribution in [0.15, 0.2) is 71.1 Å². The van der Waals surface area contributed by atoms with Crippen LogP contribution < -0.4 is 14.8 Å². The van der Waals surface area contributed by atoms with Crippen LogP contribution in [0.3, 0.4) is 0 Å². The van der Waals surface area contributed by atoms with Gasteiger partial charge in [0.2, 0.25) is 0 Å². The lowest BCUT2D eigenvalue weighted by molar-refractivity contribution is 0.0680. The van der Waals surface area contributed by atoms with Crippen molar-refractivity contribution >= 4 is 34.4 Å². The van der Waals surface area contributed by atoms with Gasteiger partial charge in [0.1, 0.15) is 17.0 Å². The molecule has 5 aromatic rings. The van der Waals surface area contributed by atoms with Crippen LogP contribution in [0.1, 0.15) is 28.0 Å². The molecule has 0 saturated carbocycles. The lowest BCUT2D eigenvalue weighted by atomic mass is 10.1. The number of aryl methyl sites for hydroxylation is 1. The van der Waals surface area contributed by atoms with Crippen molar-refractivity contribution in [3.05, 3.63) is 88.8 Å². The van der Waals surface area contributed by atoms with Gasteiger partial charge in [0, 0.05) is 19.1 Å². The molecule has 1 atom stereocenters. The second kappa shape index (κ2) is 11.7. The molecule has 206 valence electrons. The predicted molar refractivity (Wildman–Crippen MR) is 154 cm³/mol. The lowest BCUT2D eigenvalue weighted by Crippen LogP contribution is -2.42. The highest BCUT2D eigenvalue weighted by atomic mass is 32.1. The first-order valence-corrected chi connectivity index (χ1v) is 13.5. The van der Waals surface area contributed by atoms with Gasteiger partial charge in [-0.15, -0.1) is 11.3 Å². The number of methoxy groups -OCH3 is 2. The standard InChI is InChI=1S/C30H29FN4O4S/c1-18(16-32-30-34-23-7-5-6-8-24(23)39-30)35(17-20-9-14-25(37-3)26(15-20)38-4)29(36)27-28(40-19(2)33-27)21-10-12-22(31)13-11-21/h5-15,18H,16-17H2,1-4H3,(H,32,34). The van der Waals surface area contributed by atoms with Crippen molar-refractivity contribution < 1.29 is 23.1 Å². The topological polar surface area (TPSA) is 89.7 Å². The van der Waals surface area contributed by atoms with Gasteiger partial charge in [0.15, 0.2) is 17.1 Å². The smallest absolute Gasteiger partial charge is 0.295 e. The Balaban J connectivity index is 1.46. The molecule has 0 fully saturated rings. The summed E-state index contributed by atoms with van der Waals surface area (Å²) < 4.78 is 30.3. The number of carbonyl (C=O) groups excluding carboxylic acids is 1. The summed E-state index contributed by atoms with van der Waals surface area (Å²) in [5, 5.41) is 3.97. The van der Waals surface area contributed by atoms with Crippen molar-refractivity contribution in [3.63, 3.8) is 0 Å². The van der Waals surface area contributed by atoms with Gasteiger partial charge in [0.25, 0.3) is 11.9 Å². The Morgan fingerprint density at radius 3 is 2.52 bits per heavy atom. The second-order valence-electron chi connectivity index (χ2n) is 9.26. The number of oxazole rings is 1. The summed E-state index contributed by atoms with van der Waals surface area (Å²) in [5.41, 5.74) is 3.34. The zero-order valence-electron chi connectivity index (χ0n) is 22.6. The van der Waals surface area contributed by atoms with E-state index in [0.717, 1.165) is 21.7 Å². The fourth-order valence-electron chi connectivity index (χ4n) is 4.40. The Morgan fingerprint density at radius 1 is 1.05 bits per heavy atom. The summed E-state index contributed by atoms with van der Waals surface area (Å²) in [6, 6.07) is 19.3. The van der Waals surface area contributed by atoms with Crippen LogP contribution in [0, 0.1) is 12.7 Å². The highest BCUT2D eigenvalue weighted by Crippen LogP contribution is 2.33. The number of hydrogen-bond acceptors (Lipinski definition) is 8. The van der Waals surface area contributed by atoms with Crippen molar-refractivity contribution in [2.45, 2.75) is 26.4 Å². The molecule has 2 heterocycles. The average molecular weight is 561 g/mol. The molecule has 0 aliphatic heterocycles. The zero-order chi connectivity index (χ0) is 28.2. The van der Waals surface area contributed by atoms with E-state index < -0.39 is 0 Å². The third-order valence-electron chi connectivity index (χ3n) is 6.48. The summed E-state index contributed by atoms with van der Waals surface area (Å²) in [6.45, 7) is 4.46. The van der Waals surface area contributed by atoms with Crippen molar-refractivity contribution in [1.82, 2.24) is 14.9 Å². The molecular weight excluding hydrogens is 531 g/mol. The highest BCUT2D eigenvalue weighted by Gasteiger charge is 2.28. The fourth-order valence-corrected chi connectivity index (χ4v) is 5.32. The third kappa shape index (κ3) is 5.76. The van der Waals surface area contributed by atoms with Gasteiger partial charge in [0.05, 0.1) is 24.1 Å². The molecule has 0 spiro atoms. The molecule has 40 heavy (non-hydrogen) atoms. The first kappa shape index (κ1) is 27.1. The number of ether oxygens (including phenoxy) is 2. The van der Waals surface area contributed by atoms with E-state index in [0.29, 0.717) is 40.2 Å². The van der Waals surface area contributed by atoms with Crippen molar-refractivity contribution in [1.29, 1.82) is 0 Å². The number of rotatable bonds is 10. The molecule has 1 amide bonds. The molecule has 0 radical (unpaired) electrons. The van der Waals surface area contributed by atoms with Gasteiger partial charge < -0.3 is 24.1 Å². The Hall–Kier alpha value is -4.44. The van der Waals surface area contributed by atoms with Crippen molar-refractivity contribution in [2.75, 3.05) is 26.1 Å². The lowest BCUT2D eigenvalue weighted by Gasteiger charge is -2.29. The molecule has 0 aliphatic rings. The summed E-state index contributed by atoms with van der Waals surface area (Å²) in [7, 11) is 3.15. The number of carbonyl (C=O) groups is 1. The molecule has 5 rings (SSSR count). The van der Waals surface area contributed by atoms with E-state index in [1.165, 1.54) is 23.5 Å². The number of para-hydroxylation sites is 2. The van der Waals surface area contributed by atoms with Crippen LogP contribution in [0.2, 0.25) is 0 Å². The number of aromatic nitrogens is 2. The summed E-state index contributed by atoms with van der Waals surface area (Å²) in [6.07, 6.45) is 0. The number of anilines is 1. The maximum Gasteiger partial charge on any atom is 0.295 e. The Bertz CT molecular complexity index is 1600. The maximum absolute atomic E-state index is 14.2. The number of benzene rings is 3. The molecule has 0 saturated heterocycles. The number of nitrogens with one attached hydrogen (secondary N) is 1. The van der Waals surface area contributed by atoms with Gasteiger partial charge in [-0.1, -0.05) is 30.3 Å². The van der Waals surface area contributed by atoms with Crippen LogP contribution in [0.5, 0.6) is 11.5 Å². The summed E-state index contributed by atoms with van der Waals surface area (Å²) in [5.74, 6) is 0.585. The van der Waals surface area contributed by atoms with Crippen LogP contribution >= 0.6 is 11.3 Å². The molecule has 8 nitrogen and oxygen atoms in total. The molecule has 1 N–H and O–H groups in total. The van der Waals surface area contributed by atoms with Crippen LogP contribution in [-0.4, -0.2) is 47.6 Å². The number of nitrogens with zero attached hydrogens (tertiary/aromatic N) is 3. The van der Waals surface area contributed by atoms with Gasteiger partial charge in [-0.25, -0.2) is 9.37 Å². The molecule has 1 unspecified atom stereocenters. The Morgan fingerprint density at radius 2 is 1.80 bits per heavy atom. The molecule has 2 aromatic heterocycles. The first-order valence-electron chi connectivity index (χ1n) is 12.7. The Labute approximate surface area is 235 Å². The van der Waals surface area contributed by atoms with E-state index in [4.69, 9.17) is 13.9 Å². The van der Waals surface area contributed by atoms with Crippen LogP contribution in [0.25, 0.3) is 21.5 Å². The van der Waals surface area contributed by atoms with Crippen LogP contribution in [0.4, 0.5) is 10.4 Å². The van der Waals surface area contributed by atoms with Crippen molar-refractivity contribution in [2.24, 2.45) is 0 Å². The van der Waals surface area contributed by atoms with E-state index in [2.05, 4.69) is 15.3 Å². The minimum atomic E-state index is -0.341. The van der Waals surface area contributed by atoms with Gasteiger partial charge in [-0.05, 0) is 61.4 Å². The number of thiazole rings is 1. The number of halogens is 1. The third-order valence-corrected chi connectivity index (χ3v) is 7.50. The molecule has 10 heteroatoms. The van der Waals surface area contributed by atoms with Gasteiger partial charge in [-0.3, -0.25) is 4.79 Å². The average Bonchev–Trinajstić information content (AvgIpc) is 3.57.